The van der Waals surface area contributed by atoms with Crippen LogP contribution in [0, 0.1) is 0 Å². The van der Waals surface area contributed by atoms with Gasteiger partial charge in [-0.3, -0.25) is 0 Å². The first-order valence-electron chi connectivity index (χ1n) is 8.29. The first-order valence-corrected chi connectivity index (χ1v) is 8.29. The average Bonchev–Trinajstić information content (AvgIpc) is 2.66. The van der Waals surface area contributed by atoms with Gasteiger partial charge in [0.15, 0.2) is 0 Å². The second-order valence-corrected chi connectivity index (χ2v) is 5.51. The number of anilines is 1. The van der Waals surface area contributed by atoms with Crippen LogP contribution in [-0.2, 0) is 19.2 Å². The van der Waals surface area contributed by atoms with Crippen LogP contribution in [0.1, 0.15) is 6.92 Å². The lowest BCUT2D eigenvalue weighted by molar-refractivity contribution is -0.134. The molecule has 1 aliphatic rings. The Labute approximate surface area is 166 Å². The summed E-state index contributed by atoms with van der Waals surface area (Å²) in [6.07, 6.45) is 4.08. The molecule has 1 fully saturated rings. The average molecular weight is 409 g/mol. The number of nitrogens with zero attached hydrogens (tertiary/aromatic N) is 2. The second kappa shape index (κ2) is 14.3. The summed E-state index contributed by atoms with van der Waals surface area (Å²) in [6.45, 7) is 5.37. The molecule has 0 saturated carbocycles. The molecule has 0 radical (unpaired) electrons. The largest absolute Gasteiger partial charge is 0.478 e. The van der Waals surface area contributed by atoms with E-state index in [0.29, 0.717) is 30.3 Å². The molecule has 0 aliphatic carbocycles. The Balaban J connectivity index is 0.000000432. The van der Waals surface area contributed by atoms with E-state index in [9.17, 15) is 19.2 Å². The molecule has 0 spiro atoms. The van der Waals surface area contributed by atoms with Crippen LogP contribution in [0.5, 0.6) is 0 Å². The molecule has 5 N–H and O–H groups in total. The minimum absolute atomic E-state index is 0.558. The lowest BCUT2D eigenvalue weighted by Crippen LogP contribution is -2.49. The van der Waals surface area contributed by atoms with E-state index < -0.39 is 23.9 Å². The molecule has 1 atom stereocenters. The standard InChI is InChI=1S/C10H15N3.2C4H4O4/c1-9-8-13(7-6-11-9)10-4-2-3-5-12-10;2*5-3(6)1-2-4(7)8/h2-5,9,11H,6-8H2,1H3;2*1-2H,(H,5,6)(H,7,8). The number of piperazine rings is 1. The molecule has 11 nitrogen and oxygen atoms in total. The fourth-order valence-corrected chi connectivity index (χ4v) is 1.97. The Kier molecular flexibility index (Phi) is 12.5. The van der Waals surface area contributed by atoms with Gasteiger partial charge in [-0.15, -0.1) is 0 Å². The zero-order valence-electron chi connectivity index (χ0n) is 15.6. The van der Waals surface area contributed by atoms with Gasteiger partial charge in [-0.05, 0) is 19.1 Å². The number of carboxylic acid groups (broad SMARTS) is 4. The summed E-state index contributed by atoms with van der Waals surface area (Å²) in [6, 6.07) is 6.62. The Morgan fingerprint density at radius 2 is 1.45 bits per heavy atom. The van der Waals surface area contributed by atoms with Gasteiger partial charge in [0.25, 0.3) is 0 Å². The predicted molar refractivity (Wildman–Crippen MR) is 103 cm³/mol. The maximum absolute atomic E-state index is 9.55. The van der Waals surface area contributed by atoms with E-state index in [-0.39, 0.29) is 0 Å². The van der Waals surface area contributed by atoms with Gasteiger partial charge in [-0.1, -0.05) is 6.07 Å². The Morgan fingerprint density at radius 1 is 0.966 bits per heavy atom. The van der Waals surface area contributed by atoms with Gasteiger partial charge in [0.2, 0.25) is 0 Å². The van der Waals surface area contributed by atoms with Crippen LogP contribution in [0.25, 0.3) is 0 Å². The van der Waals surface area contributed by atoms with Crippen molar-refractivity contribution in [3.05, 3.63) is 48.7 Å². The van der Waals surface area contributed by atoms with E-state index in [4.69, 9.17) is 20.4 Å². The lowest BCUT2D eigenvalue weighted by atomic mass is 10.2. The summed E-state index contributed by atoms with van der Waals surface area (Å²) >= 11 is 0. The van der Waals surface area contributed by atoms with Crippen molar-refractivity contribution in [2.45, 2.75) is 13.0 Å². The van der Waals surface area contributed by atoms with Gasteiger partial charge in [-0.25, -0.2) is 24.2 Å². The zero-order chi connectivity index (χ0) is 22.2. The zero-order valence-corrected chi connectivity index (χ0v) is 15.6. The first-order chi connectivity index (χ1) is 13.6. The highest BCUT2D eigenvalue weighted by Crippen LogP contribution is 2.11. The molecule has 11 heteroatoms. The van der Waals surface area contributed by atoms with Crippen molar-refractivity contribution in [3.63, 3.8) is 0 Å². The van der Waals surface area contributed by atoms with Crippen molar-refractivity contribution in [1.82, 2.24) is 10.3 Å². The molecule has 2 heterocycles. The molecule has 2 rings (SSSR count). The highest BCUT2D eigenvalue weighted by molar-refractivity contribution is 5.90. The third kappa shape index (κ3) is 15.1. The third-order valence-electron chi connectivity index (χ3n) is 3.08. The summed E-state index contributed by atoms with van der Waals surface area (Å²) in [5.41, 5.74) is 0. The van der Waals surface area contributed by atoms with E-state index >= 15 is 0 Å². The Bertz CT molecular complexity index is 668. The van der Waals surface area contributed by atoms with E-state index in [1.807, 2.05) is 18.3 Å². The SMILES string of the molecule is CC1CN(c2ccccn2)CCN1.O=C(O)C=CC(=O)O.O=C(O)C=CC(=O)O. The van der Waals surface area contributed by atoms with Crippen molar-refractivity contribution >= 4 is 29.7 Å². The van der Waals surface area contributed by atoms with Crippen LogP contribution in [0.4, 0.5) is 5.82 Å². The Hall–Kier alpha value is -3.73. The number of hydrogen-bond acceptors (Lipinski definition) is 7. The molecule has 1 aliphatic heterocycles. The van der Waals surface area contributed by atoms with Crippen molar-refractivity contribution in [3.8, 4) is 0 Å². The van der Waals surface area contributed by atoms with E-state index in [0.717, 1.165) is 25.5 Å². The Morgan fingerprint density at radius 3 is 1.79 bits per heavy atom. The topological polar surface area (TPSA) is 177 Å². The second-order valence-electron chi connectivity index (χ2n) is 5.51. The monoisotopic (exact) mass is 409 g/mol. The van der Waals surface area contributed by atoms with Crippen molar-refractivity contribution in [1.29, 1.82) is 0 Å². The van der Waals surface area contributed by atoms with Gasteiger partial charge < -0.3 is 30.6 Å². The van der Waals surface area contributed by atoms with Crippen molar-refractivity contribution in [2.24, 2.45) is 0 Å². The van der Waals surface area contributed by atoms with E-state index in [2.05, 4.69) is 28.2 Å². The minimum atomic E-state index is -1.26. The molecular weight excluding hydrogens is 386 g/mol. The van der Waals surface area contributed by atoms with Gasteiger partial charge >= 0.3 is 23.9 Å². The van der Waals surface area contributed by atoms with Crippen LogP contribution >= 0.6 is 0 Å². The van der Waals surface area contributed by atoms with Crippen LogP contribution in [0.2, 0.25) is 0 Å². The molecule has 0 aromatic carbocycles. The predicted octanol–water partition coefficient (Wildman–Crippen LogP) is 0.303. The fourth-order valence-electron chi connectivity index (χ4n) is 1.97. The quantitative estimate of drug-likeness (QED) is 0.423. The van der Waals surface area contributed by atoms with Crippen molar-refractivity contribution < 1.29 is 39.6 Å². The summed E-state index contributed by atoms with van der Waals surface area (Å²) in [7, 11) is 0. The summed E-state index contributed by atoms with van der Waals surface area (Å²) in [5.74, 6) is -3.93. The van der Waals surface area contributed by atoms with Gasteiger partial charge in [0.05, 0.1) is 0 Å². The maximum atomic E-state index is 9.55. The van der Waals surface area contributed by atoms with Crippen LogP contribution in [-0.4, -0.2) is 75.0 Å². The van der Waals surface area contributed by atoms with Gasteiger partial charge in [0, 0.05) is 56.2 Å². The van der Waals surface area contributed by atoms with Crippen LogP contribution < -0.4 is 10.2 Å². The van der Waals surface area contributed by atoms with E-state index in [1.165, 1.54) is 0 Å². The van der Waals surface area contributed by atoms with Crippen molar-refractivity contribution in [2.75, 3.05) is 24.5 Å². The highest BCUT2D eigenvalue weighted by atomic mass is 16.4. The number of rotatable bonds is 5. The van der Waals surface area contributed by atoms with Gasteiger partial charge in [0.1, 0.15) is 5.82 Å². The molecule has 158 valence electrons. The number of aromatic nitrogens is 1. The summed E-state index contributed by atoms with van der Waals surface area (Å²) in [5, 5.41) is 34.7. The first kappa shape index (κ1) is 25.3. The molecular formula is C18H23N3O8. The number of pyridine rings is 1. The third-order valence-corrected chi connectivity index (χ3v) is 3.08. The maximum Gasteiger partial charge on any atom is 0.328 e. The van der Waals surface area contributed by atoms with Crippen LogP contribution in [0.3, 0.4) is 0 Å². The molecule has 0 amide bonds. The molecule has 1 saturated heterocycles. The molecule has 29 heavy (non-hydrogen) atoms. The minimum Gasteiger partial charge on any atom is -0.478 e. The number of carboxylic acids is 4. The molecule has 1 unspecified atom stereocenters. The number of carbonyl (C=O) groups is 4. The summed E-state index contributed by atoms with van der Waals surface area (Å²) < 4.78 is 0. The summed E-state index contributed by atoms with van der Waals surface area (Å²) in [4.78, 5) is 44.9. The van der Waals surface area contributed by atoms with Gasteiger partial charge in [-0.2, -0.15) is 0 Å². The molecule has 1 aromatic heterocycles. The number of aliphatic carboxylic acids is 4. The normalized spacial score (nSPS) is 15.6. The fraction of sp³-hybridized carbons (Fsp3) is 0.278. The number of nitrogens with one attached hydrogen (secondary N) is 1. The lowest BCUT2D eigenvalue weighted by Gasteiger charge is -2.32. The number of hydrogen-bond donors (Lipinski definition) is 5. The molecule has 1 aromatic rings. The van der Waals surface area contributed by atoms with E-state index in [1.54, 1.807) is 0 Å². The van der Waals surface area contributed by atoms with Crippen LogP contribution in [0.15, 0.2) is 48.7 Å². The molecule has 0 bridgehead atoms. The highest BCUT2D eigenvalue weighted by Gasteiger charge is 2.15. The smallest absolute Gasteiger partial charge is 0.328 e.